The summed E-state index contributed by atoms with van der Waals surface area (Å²) in [7, 11) is -3.63. The highest BCUT2D eigenvalue weighted by molar-refractivity contribution is 7.89. The lowest BCUT2D eigenvalue weighted by Crippen LogP contribution is -2.48. The Morgan fingerprint density at radius 1 is 1.32 bits per heavy atom. The maximum absolute atomic E-state index is 13.0. The number of carbonyl (C=O) groups is 1. The summed E-state index contributed by atoms with van der Waals surface area (Å²) in [6.07, 6.45) is 5.56. The van der Waals surface area contributed by atoms with Crippen LogP contribution in [0.4, 0.5) is 0 Å². The molecule has 8 heteroatoms. The van der Waals surface area contributed by atoms with Gasteiger partial charge >= 0.3 is 0 Å². The summed E-state index contributed by atoms with van der Waals surface area (Å²) in [4.78, 5) is 14.8. The van der Waals surface area contributed by atoms with Crippen molar-refractivity contribution in [1.82, 2.24) is 19.0 Å². The standard InChI is InChI=1S/C17H28N4O3S/c1-4-19-11-15(9-18-19)25(23,24)20-8-7-17(22)21(10-14-5-6-14)16(12-20)13(2)3/h9,11,13-14,16H,4-8,10,12H2,1-3H3. The summed E-state index contributed by atoms with van der Waals surface area (Å²) in [6.45, 7) is 8.02. The molecule has 2 heterocycles. The highest BCUT2D eigenvalue weighted by atomic mass is 32.2. The van der Waals surface area contributed by atoms with E-state index in [0.717, 1.165) is 6.54 Å². The molecule has 2 aliphatic rings. The Hall–Kier alpha value is -1.41. The van der Waals surface area contributed by atoms with Gasteiger partial charge in [0.05, 0.1) is 6.20 Å². The fourth-order valence-corrected chi connectivity index (χ4v) is 4.77. The normalized spacial score (nSPS) is 23.3. The summed E-state index contributed by atoms with van der Waals surface area (Å²) in [6, 6.07) is -0.0772. The summed E-state index contributed by atoms with van der Waals surface area (Å²) in [5, 5.41) is 4.08. The number of rotatable bonds is 6. The Balaban J connectivity index is 1.85. The predicted molar refractivity (Wildman–Crippen MR) is 94.3 cm³/mol. The Kier molecular flexibility index (Phi) is 5.20. The van der Waals surface area contributed by atoms with Crippen LogP contribution in [0.2, 0.25) is 0 Å². The van der Waals surface area contributed by atoms with Crippen LogP contribution in [-0.4, -0.2) is 59.0 Å². The van der Waals surface area contributed by atoms with Crippen molar-refractivity contribution in [2.45, 2.75) is 57.5 Å². The van der Waals surface area contributed by atoms with Crippen molar-refractivity contribution in [3.05, 3.63) is 12.4 Å². The van der Waals surface area contributed by atoms with Crippen molar-refractivity contribution >= 4 is 15.9 Å². The Morgan fingerprint density at radius 3 is 2.60 bits per heavy atom. The minimum absolute atomic E-state index is 0.0764. The van der Waals surface area contributed by atoms with Crippen LogP contribution in [0.3, 0.4) is 0 Å². The Morgan fingerprint density at radius 2 is 2.04 bits per heavy atom. The lowest BCUT2D eigenvalue weighted by Gasteiger charge is -2.34. The van der Waals surface area contributed by atoms with E-state index in [0.29, 0.717) is 19.0 Å². The van der Waals surface area contributed by atoms with Crippen LogP contribution in [0.5, 0.6) is 0 Å². The number of hydrogen-bond acceptors (Lipinski definition) is 4. The average Bonchev–Trinajstić information content (AvgIpc) is 3.28. The van der Waals surface area contributed by atoms with Crippen molar-refractivity contribution in [2.75, 3.05) is 19.6 Å². The van der Waals surface area contributed by atoms with Gasteiger partial charge in [-0.05, 0) is 31.6 Å². The molecule has 1 atom stereocenters. The third-order valence-corrected chi connectivity index (χ3v) is 7.00. The number of carbonyl (C=O) groups excluding carboxylic acids is 1. The summed E-state index contributed by atoms with van der Waals surface area (Å²) in [5.41, 5.74) is 0. The van der Waals surface area contributed by atoms with Gasteiger partial charge < -0.3 is 4.90 Å². The van der Waals surface area contributed by atoms with Gasteiger partial charge in [-0.25, -0.2) is 8.42 Å². The maximum Gasteiger partial charge on any atom is 0.246 e. The van der Waals surface area contributed by atoms with Gasteiger partial charge in [-0.15, -0.1) is 0 Å². The van der Waals surface area contributed by atoms with Gasteiger partial charge in [0.15, 0.2) is 0 Å². The van der Waals surface area contributed by atoms with Crippen molar-refractivity contribution < 1.29 is 13.2 Å². The zero-order chi connectivity index (χ0) is 18.2. The minimum Gasteiger partial charge on any atom is -0.338 e. The van der Waals surface area contributed by atoms with Gasteiger partial charge in [0, 0.05) is 44.8 Å². The first-order valence-electron chi connectivity index (χ1n) is 9.15. The van der Waals surface area contributed by atoms with Crippen LogP contribution in [0.25, 0.3) is 0 Å². The molecule has 2 fully saturated rings. The lowest BCUT2D eigenvalue weighted by molar-refractivity contribution is -0.133. The molecule has 1 aliphatic carbocycles. The van der Waals surface area contributed by atoms with Gasteiger partial charge in [0.1, 0.15) is 4.90 Å². The third kappa shape index (κ3) is 3.89. The maximum atomic E-state index is 13.0. The van der Waals surface area contributed by atoms with Crippen LogP contribution in [0, 0.1) is 11.8 Å². The number of sulfonamides is 1. The lowest BCUT2D eigenvalue weighted by atomic mass is 10.0. The van der Waals surface area contributed by atoms with Crippen LogP contribution in [0.15, 0.2) is 17.3 Å². The Bertz CT molecular complexity index is 724. The van der Waals surface area contributed by atoms with Gasteiger partial charge in [0.2, 0.25) is 15.9 Å². The zero-order valence-electron chi connectivity index (χ0n) is 15.3. The molecule has 0 radical (unpaired) electrons. The molecule has 0 spiro atoms. The molecule has 0 bridgehead atoms. The molecule has 25 heavy (non-hydrogen) atoms. The van der Waals surface area contributed by atoms with E-state index in [1.165, 1.54) is 23.3 Å². The molecule has 1 saturated carbocycles. The van der Waals surface area contributed by atoms with Crippen molar-refractivity contribution in [1.29, 1.82) is 0 Å². The fraction of sp³-hybridized carbons (Fsp3) is 0.765. The quantitative estimate of drug-likeness (QED) is 0.764. The van der Waals surface area contributed by atoms with E-state index in [2.05, 4.69) is 18.9 Å². The average molecular weight is 369 g/mol. The van der Waals surface area contributed by atoms with Crippen LogP contribution in [-0.2, 0) is 21.4 Å². The molecule has 1 aromatic rings. The van der Waals surface area contributed by atoms with Gasteiger partial charge in [-0.3, -0.25) is 9.48 Å². The molecule has 140 valence electrons. The highest BCUT2D eigenvalue weighted by Crippen LogP contribution is 2.32. The first-order chi connectivity index (χ1) is 11.8. The van der Waals surface area contributed by atoms with E-state index < -0.39 is 10.0 Å². The second-order valence-electron chi connectivity index (χ2n) is 7.45. The third-order valence-electron chi connectivity index (χ3n) is 5.18. The molecule has 1 unspecified atom stereocenters. The van der Waals surface area contributed by atoms with E-state index in [9.17, 15) is 13.2 Å². The number of hydrogen-bond donors (Lipinski definition) is 0. The summed E-state index contributed by atoms with van der Waals surface area (Å²) in [5.74, 6) is 0.876. The largest absolute Gasteiger partial charge is 0.338 e. The molecule has 1 saturated heterocycles. The summed E-state index contributed by atoms with van der Waals surface area (Å²) >= 11 is 0. The van der Waals surface area contributed by atoms with Crippen molar-refractivity contribution in [2.24, 2.45) is 11.8 Å². The van der Waals surface area contributed by atoms with E-state index in [-0.39, 0.29) is 35.7 Å². The Labute approximate surface area is 150 Å². The van der Waals surface area contributed by atoms with Crippen LogP contribution < -0.4 is 0 Å². The first-order valence-corrected chi connectivity index (χ1v) is 10.6. The molecule has 1 aliphatic heterocycles. The van der Waals surface area contributed by atoms with Gasteiger partial charge in [-0.2, -0.15) is 9.40 Å². The number of amides is 1. The molecule has 7 nitrogen and oxygen atoms in total. The smallest absolute Gasteiger partial charge is 0.246 e. The number of aromatic nitrogens is 2. The fourth-order valence-electron chi connectivity index (χ4n) is 3.35. The van der Waals surface area contributed by atoms with Gasteiger partial charge in [-0.1, -0.05) is 13.8 Å². The van der Waals surface area contributed by atoms with E-state index in [1.807, 2.05) is 11.8 Å². The summed E-state index contributed by atoms with van der Waals surface area (Å²) < 4.78 is 29.1. The SMILES string of the molecule is CCn1cc(S(=O)(=O)N2CCC(=O)N(CC3CC3)C(C(C)C)C2)cn1. The molecular formula is C17H28N4O3S. The first kappa shape index (κ1) is 18.4. The minimum atomic E-state index is -3.63. The van der Waals surface area contributed by atoms with Crippen LogP contribution in [0.1, 0.15) is 40.0 Å². The van der Waals surface area contributed by atoms with Crippen molar-refractivity contribution in [3.63, 3.8) is 0 Å². The second kappa shape index (κ2) is 7.07. The highest BCUT2D eigenvalue weighted by Gasteiger charge is 2.39. The van der Waals surface area contributed by atoms with E-state index in [4.69, 9.17) is 0 Å². The predicted octanol–water partition coefficient (Wildman–Crippen LogP) is 1.56. The van der Waals surface area contributed by atoms with E-state index in [1.54, 1.807) is 10.9 Å². The van der Waals surface area contributed by atoms with Gasteiger partial charge in [0.25, 0.3) is 0 Å². The molecule has 3 rings (SSSR count). The van der Waals surface area contributed by atoms with Crippen LogP contribution >= 0.6 is 0 Å². The topological polar surface area (TPSA) is 75.5 Å². The molecule has 1 amide bonds. The molecule has 0 aromatic carbocycles. The molecule has 0 N–H and O–H groups in total. The van der Waals surface area contributed by atoms with E-state index >= 15 is 0 Å². The second-order valence-corrected chi connectivity index (χ2v) is 9.38. The monoisotopic (exact) mass is 368 g/mol. The number of aryl methyl sites for hydroxylation is 1. The van der Waals surface area contributed by atoms with Crippen molar-refractivity contribution in [3.8, 4) is 0 Å². The zero-order valence-corrected chi connectivity index (χ0v) is 16.1. The number of nitrogens with zero attached hydrogens (tertiary/aromatic N) is 4. The molecular weight excluding hydrogens is 340 g/mol. The molecule has 1 aromatic heterocycles.